The van der Waals surface area contributed by atoms with Crippen LogP contribution >= 0.6 is 0 Å². The first-order chi connectivity index (χ1) is 9.56. The zero-order valence-electron chi connectivity index (χ0n) is 16.1. The van der Waals surface area contributed by atoms with Crippen LogP contribution in [0, 0.1) is 0 Å². The third kappa shape index (κ3) is 25.2. The van der Waals surface area contributed by atoms with Gasteiger partial charge in [0.1, 0.15) is 0 Å². The Hall–Kier alpha value is 0.210. The van der Waals surface area contributed by atoms with Gasteiger partial charge in [-0.1, -0.05) is 84.0 Å². The quantitative estimate of drug-likeness (QED) is 0.361. The first-order valence-electron chi connectivity index (χ1n) is 9.36. The van der Waals surface area contributed by atoms with Crippen molar-refractivity contribution in [3.8, 4) is 0 Å². The van der Waals surface area contributed by atoms with Crippen LogP contribution in [0.3, 0.4) is 0 Å². The molecule has 0 atom stereocenters. The molecule has 0 radical (unpaired) electrons. The molecule has 0 aromatic heterocycles. The van der Waals surface area contributed by atoms with Crippen molar-refractivity contribution < 1.29 is 16.9 Å². The molecule has 2 nitrogen and oxygen atoms in total. The lowest BCUT2D eigenvalue weighted by atomic mass is 10.0. The lowest BCUT2D eigenvalue weighted by molar-refractivity contribution is -0.870. The van der Waals surface area contributed by atoms with Gasteiger partial charge in [-0.3, -0.25) is 0 Å². The molecule has 0 aromatic carbocycles. The highest BCUT2D eigenvalue weighted by molar-refractivity contribution is 4.49. The van der Waals surface area contributed by atoms with Crippen LogP contribution in [0.15, 0.2) is 0 Å². The van der Waals surface area contributed by atoms with Gasteiger partial charge in [0.25, 0.3) is 0 Å². The summed E-state index contributed by atoms with van der Waals surface area (Å²) in [7, 11) is 6.88. The highest BCUT2D eigenvalue weighted by Crippen LogP contribution is 2.13. The first-order valence-corrected chi connectivity index (χ1v) is 9.36. The van der Waals surface area contributed by atoms with Crippen LogP contribution in [0.1, 0.15) is 96.8 Å². The highest BCUT2D eigenvalue weighted by atomic mass is 35.5. The van der Waals surface area contributed by atoms with E-state index >= 15 is 0 Å². The maximum atomic E-state index is 2.29. The van der Waals surface area contributed by atoms with Crippen molar-refractivity contribution in [2.24, 2.45) is 0 Å². The standard InChI is InChI=1S/C19H42N.ClH.H3N/c1-5-6-7-8-9-10-11-12-13-14-15-16-17-18-19-20(2,3)4;;/h5-19H2,1-4H3;1H;1H3/q+1;;/p-1. The maximum Gasteiger partial charge on any atom is 0.0780 e. The Bertz CT molecular complexity index is 190. The molecule has 0 aliphatic rings. The van der Waals surface area contributed by atoms with Crippen molar-refractivity contribution >= 4 is 0 Å². The van der Waals surface area contributed by atoms with Crippen molar-refractivity contribution in [1.82, 2.24) is 6.15 Å². The fourth-order valence-corrected chi connectivity index (χ4v) is 2.78. The van der Waals surface area contributed by atoms with Crippen LogP contribution < -0.4 is 18.6 Å². The third-order valence-electron chi connectivity index (χ3n) is 4.18. The van der Waals surface area contributed by atoms with E-state index in [-0.39, 0.29) is 18.6 Å². The maximum absolute atomic E-state index is 2.29. The summed E-state index contributed by atoms with van der Waals surface area (Å²) in [6.07, 6.45) is 20.4. The molecule has 0 fully saturated rings. The van der Waals surface area contributed by atoms with Crippen LogP contribution in [0.4, 0.5) is 0 Å². The number of halogens is 1. The molecular formula is C19H45ClN2. The third-order valence-corrected chi connectivity index (χ3v) is 4.18. The fraction of sp³-hybridized carbons (Fsp3) is 1.00. The summed E-state index contributed by atoms with van der Waals surface area (Å²) in [5, 5.41) is 0. The summed E-state index contributed by atoms with van der Waals surface area (Å²) >= 11 is 0. The van der Waals surface area contributed by atoms with Gasteiger partial charge in [-0.2, -0.15) is 0 Å². The molecule has 138 valence electrons. The summed E-state index contributed by atoms with van der Waals surface area (Å²) in [6.45, 7) is 3.63. The second-order valence-electron chi connectivity index (χ2n) is 7.61. The normalized spacial score (nSPS) is 10.9. The van der Waals surface area contributed by atoms with E-state index < -0.39 is 0 Å². The Morgan fingerprint density at radius 2 is 0.773 bits per heavy atom. The lowest BCUT2D eigenvalue weighted by Gasteiger charge is -2.23. The second kappa shape index (κ2) is 19.3. The monoisotopic (exact) mass is 336 g/mol. The van der Waals surface area contributed by atoms with Gasteiger partial charge in [-0.25, -0.2) is 0 Å². The van der Waals surface area contributed by atoms with Crippen LogP contribution in [0.25, 0.3) is 0 Å². The zero-order valence-corrected chi connectivity index (χ0v) is 16.9. The molecule has 0 aliphatic carbocycles. The Balaban J connectivity index is -0.00000180. The van der Waals surface area contributed by atoms with Crippen molar-refractivity contribution in [1.29, 1.82) is 0 Å². The molecular weight excluding hydrogens is 292 g/mol. The molecule has 0 saturated heterocycles. The van der Waals surface area contributed by atoms with Gasteiger partial charge in [0.05, 0.1) is 27.7 Å². The largest absolute Gasteiger partial charge is 1.00 e. The first kappa shape index (κ1) is 27.1. The number of unbranched alkanes of at least 4 members (excludes halogenated alkanes) is 13. The topological polar surface area (TPSA) is 35.0 Å². The molecule has 0 amide bonds. The molecule has 0 rings (SSSR count). The molecule has 0 aromatic rings. The van der Waals surface area contributed by atoms with Gasteiger partial charge in [-0.15, -0.1) is 0 Å². The van der Waals surface area contributed by atoms with E-state index in [9.17, 15) is 0 Å². The number of nitrogens with zero attached hydrogens (tertiary/aromatic N) is 1. The van der Waals surface area contributed by atoms with E-state index in [1.54, 1.807) is 0 Å². The van der Waals surface area contributed by atoms with E-state index in [1.807, 2.05) is 0 Å². The summed E-state index contributed by atoms with van der Waals surface area (Å²) in [6, 6.07) is 0. The van der Waals surface area contributed by atoms with Gasteiger partial charge in [0.2, 0.25) is 0 Å². The van der Waals surface area contributed by atoms with Crippen LogP contribution in [-0.2, 0) is 0 Å². The summed E-state index contributed by atoms with van der Waals surface area (Å²) < 4.78 is 1.12. The number of quaternary nitrogens is 1. The molecule has 0 aliphatic heterocycles. The van der Waals surface area contributed by atoms with Crippen molar-refractivity contribution in [3.05, 3.63) is 0 Å². The average molecular weight is 337 g/mol. The van der Waals surface area contributed by atoms with E-state index in [0.717, 1.165) is 4.48 Å². The van der Waals surface area contributed by atoms with E-state index in [4.69, 9.17) is 0 Å². The molecule has 3 heteroatoms. The summed E-state index contributed by atoms with van der Waals surface area (Å²) in [5.41, 5.74) is 0. The average Bonchev–Trinajstić information content (AvgIpc) is 2.38. The van der Waals surface area contributed by atoms with Crippen molar-refractivity contribution in [2.45, 2.75) is 96.8 Å². The fourth-order valence-electron chi connectivity index (χ4n) is 2.78. The van der Waals surface area contributed by atoms with Crippen LogP contribution in [0.5, 0.6) is 0 Å². The zero-order chi connectivity index (χ0) is 15.1. The number of hydrogen-bond donors (Lipinski definition) is 1. The molecule has 0 heterocycles. The predicted octanol–water partition coefficient (Wildman–Crippen LogP) is 3.34. The van der Waals surface area contributed by atoms with E-state index in [0.29, 0.717) is 0 Å². The minimum Gasteiger partial charge on any atom is -1.00 e. The molecule has 0 bridgehead atoms. The summed E-state index contributed by atoms with van der Waals surface area (Å²) in [4.78, 5) is 0. The predicted molar refractivity (Wildman–Crippen MR) is 98.2 cm³/mol. The van der Waals surface area contributed by atoms with Crippen LogP contribution in [-0.4, -0.2) is 32.2 Å². The lowest BCUT2D eigenvalue weighted by Crippen LogP contribution is -3.00. The minimum atomic E-state index is 0. The van der Waals surface area contributed by atoms with Gasteiger partial charge in [0.15, 0.2) is 0 Å². The molecule has 22 heavy (non-hydrogen) atoms. The Morgan fingerprint density at radius 1 is 0.500 bits per heavy atom. The Labute approximate surface area is 148 Å². The highest BCUT2D eigenvalue weighted by Gasteiger charge is 2.04. The van der Waals surface area contributed by atoms with Crippen molar-refractivity contribution in [2.75, 3.05) is 27.7 Å². The van der Waals surface area contributed by atoms with Crippen LogP contribution in [0.2, 0.25) is 0 Å². The van der Waals surface area contributed by atoms with E-state index in [2.05, 4.69) is 28.1 Å². The molecule has 0 spiro atoms. The Morgan fingerprint density at radius 3 is 1.05 bits per heavy atom. The summed E-state index contributed by atoms with van der Waals surface area (Å²) in [5.74, 6) is 0. The Kier molecular flexibility index (Phi) is 23.7. The van der Waals surface area contributed by atoms with Gasteiger partial charge >= 0.3 is 0 Å². The smallest absolute Gasteiger partial charge is 0.0780 e. The number of hydrogen-bond acceptors (Lipinski definition) is 1. The number of rotatable bonds is 15. The molecule has 3 N–H and O–H groups in total. The SMILES string of the molecule is CCCCCCCCCCCCCCCC[N+](C)(C)C.N.[Cl-]. The molecule has 0 saturated carbocycles. The van der Waals surface area contributed by atoms with Crippen molar-refractivity contribution in [3.63, 3.8) is 0 Å². The molecule has 0 unspecified atom stereocenters. The van der Waals surface area contributed by atoms with Gasteiger partial charge in [-0.05, 0) is 12.8 Å². The minimum absolute atomic E-state index is 0. The second-order valence-corrected chi connectivity index (χ2v) is 7.61. The van der Waals surface area contributed by atoms with E-state index in [1.165, 1.54) is 96.4 Å². The van der Waals surface area contributed by atoms with Gasteiger partial charge < -0.3 is 23.0 Å². The van der Waals surface area contributed by atoms with Gasteiger partial charge in [0, 0.05) is 0 Å².